The maximum absolute atomic E-state index is 10.8. The Morgan fingerprint density at radius 2 is 2.28 bits per heavy atom. The maximum Gasteiger partial charge on any atom is 0.341 e. The number of benzene rings is 1. The number of para-hydroxylation sites is 1. The van der Waals surface area contributed by atoms with Crippen molar-refractivity contribution < 1.29 is 24.3 Å². The fraction of sp³-hybridized carbons (Fsp3) is 0.182. The largest absolute Gasteiger partial charge is 0.504 e. The van der Waals surface area contributed by atoms with Crippen molar-refractivity contribution in [1.29, 1.82) is 0 Å². The number of nitro benzene ring substituents is 1. The van der Waals surface area contributed by atoms with E-state index in [0.717, 1.165) is 0 Å². The molecule has 0 radical (unpaired) electrons. The molecule has 18 heavy (non-hydrogen) atoms. The van der Waals surface area contributed by atoms with Crippen LogP contribution in [-0.4, -0.2) is 29.7 Å². The Balaban J connectivity index is 3.16. The molecule has 0 heterocycles. The topological polar surface area (TPSA) is 98.9 Å². The van der Waals surface area contributed by atoms with E-state index in [0.29, 0.717) is 5.56 Å². The van der Waals surface area contributed by atoms with Crippen LogP contribution in [0.5, 0.6) is 5.75 Å². The van der Waals surface area contributed by atoms with Crippen LogP contribution in [0.15, 0.2) is 24.5 Å². The summed E-state index contributed by atoms with van der Waals surface area (Å²) >= 11 is 0. The van der Waals surface area contributed by atoms with Gasteiger partial charge >= 0.3 is 11.7 Å². The number of nitro groups is 1. The zero-order chi connectivity index (χ0) is 13.5. The van der Waals surface area contributed by atoms with Crippen LogP contribution in [0.3, 0.4) is 0 Å². The minimum absolute atomic E-state index is 0.0989. The van der Waals surface area contributed by atoms with Gasteiger partial charge in [-0.05, 0) is 6.08 Å². The fourth-order valence-electron chi connectivity index (χ4n) is 1.25. The second-order valence-electron chi connectivity index (χ2n) is 3.17. The lowest BCUT2D eigenvalue weighted by molar-refractivity contribution is -0.385. The molecule has 0 fully saturated rings. The minimum atomic E-state index is -1.21. The highest BCUT2D eigenvalue weighted by atomic mass is 16.6. The highest BCUT2D eigenvalue weighted by Crippen LogP contribution is 2.31. The Morgan fingerprint density at radius 1 is 1.56 bits per heavy atom. The summed E-state index contributed by atoms with van der Waals surface area (Å²) in [6, 6.07) is 4.27. The zero-order valence-corrected chi connectivity index (χ0v) is 9.53. The first-order chi connectivity index (χ1) is 8.56. The van der Waals surface area contributed by atoms with Gasteiger partial charge in [-0.3, -0.25) is 10.1 Å². The molecule has 7 heteroatoms. The van der Waals surface area contributed by atoms with Gasteiger partial charge in [-0.2, -0.15) is 0 Å². The summed E-state index contributed by atoms with van der Waals surface area (Å²) in [5.41, 5.74) is 0.0711. The van der Waals surface area contributed by atoms with Crippen LogP contribution < -0.4 is 4.74 Å². The average Bonchev–Trinajstić information content (AvgIpc) is 2.33. The van der Waals surface area contributed by atoms with Crippen molar-refractivity contribution >= 4 is 17.7 Å². The second kappa shape index (κ2) is 6.24. The Hall–Kier alpha value is -2.57. The predicted molar refractivity (Wildman–Crippen MR) is 62.3 cm³/mol. The van der Waals surface area contributed by atoms with Crippen LogP contribution in [0.2, 0.25) is 0 Å². The van der Waals surface area contributed by atoms with Gasteiger partial charge in [0.2, 0.25) is 5.75 Å². The van der Waals surface area contributed by atoms with Gasteiger partial charge in [0.25, 0.3) is 0 Å². The molecule has 0 saturated carbocycles. The van der Waals surface area contributed by atoms with Crippen molar-refractivity contribution in [1.82, 2.24) is 0 Å². The molecule has 0 aliphatic carbocycles. The number of hydrogen-bond acceptors (Lipinski definition) is 5. The van der Waals surface area contributed by atoms with Gasteiger partial charge in [0.1, 0.15) is 0 Å². The smallest absolute Gasteiger partial charge is 0.341 e. The number of carbonyl (C=O) groups is 1. The summed E-state index contributed by atoms with van der Waals surface area (Å²) in [5.74, 6) is -1.31. The van der Waals surface area contributed by atoms with E-state index in [-0.39, 0.29) is 11.4 Å². The Bertz CT molecular complexity index is 482. The van der Waals surface area contributed by atoms with Crippen molar-refractivity contribution in [3.63, 3.8) is 0 Å². The summed E-state index contributed by atoms with van der Waals surface area (Å²) in [6.07, 6.45) is 2.76. The van der Waals surface area contributed by atoms with Gasteiger partial charge in [-0.25, -0.2) is 4.79 Å². The van der Waals surface area contributed by atoms with Gasteiger partial charge in [-0.15, -0.1) is 0 Å². The Kier molecular flexibility index (Phi) is 4.67. The molecule has 1 rings (SSSR count). The van der Waals surface area contributed by atoms with Crippen LogP contribution >= 0.6 is 0 Å². The molecule has 0 spiro atoms. The third kappa shape index (κ3) is 3.48. The Labute approximate surface area is 102 Å². The standard InChI is InChI=1S/C11H11NO6/c1-17-6-5-8-3-2-4-9(12(15)16)11(8)18-7-10(13)14/h2-6H,7H2,1H3,(H,13,14). The summed E-state index contributed by atoms with van der Waals surface area (Å²) in [4.78, 5) is 20.6. The highest BCUT2D eigenvalue weighted by molar-refractivity contribution is 5.70. The van der Waals surface area contributed by atoms with Crippen molar-refractivity contribution in [2.24, 2.45) is 0 Å². The van der Waals surface area contributed by atoms with E-state index in [2.05, 4.69) is 0 Å². The molecule has 0 saturated heterocycles. The summed E-state index contributed by atoms with van der Waals surface area (Å²) in [6.45, 7) is -0.654. The normalized spacial score (nSPS) is 10.3. The monoisotopic (exact) mass is 253 g/mol. The number of ether oxygens (including phenoxy) is 2. The first-order valence-corrected chi connectivity index (χ1v) is 4.87. The van der Waals surface area contributed by atoms with Crippen LogP contribution in [0.4, 0.5) is 5.69 Å². The molecule has 7 nitrogen and oxygen atoms in total. The van der Waals surface area contributed by atoms with E-state index < -0.39 is 17.5 Å². The molecule has 0 aliphatic heterocycles. The van der Waals surface area contributed by atoms with Gasteiger partial charge in [0, 0.05) is 11.6 Å². The van der Waals surface area contributed by atoms with Crippen molar-refractivity contribution in [3.05, 3.63) is 40.1 Å². The molecule has 1 N–H and O–H groups in total. The minimum Gasteiger partial charge on any atom is -0.504 e. The SMILES string of the molecule is COC=Cc1cccc([N+](=O)[O-])c1OCC(=O)O. The first kappa shape index (κ1) is 13.5. The van der Waals surface area contributed by atoms with Crippen LogP contribution in [0.25, 0.3) is 6.08 Å². The molecule has 0 aromatic heterocycles. The number of hydrogen-bond donors (Lipinski definition) is 1. The molecule has 0 unspecified atom stereocenters. The van der Waals surface area contributed by atoms with Gasteiger partial charge in [-0.1, -0.05) is 12.1 Å². The first-order valence-electron chi connectivity index (χ1n) is 4.87. The molecule has 1 aromatic rings. The van der Waals surface area contributed by atoms with E-state index in [1.807, 2.05) is 0 Å². The summed E-state index contributed by atoms with van der Waals surface area (Å²) in [5, 5.41) is 19.3. The van der Waals surface area contributed by atoms with E-state index in [9.17, 15) is 14.9 Å². The maximum atomic E-state index is 10.8. The molecule has 1 aromatic carbocycles. The molecule has 0 bridgehead atoms. The second-order valence-corrected chi connectivity index (χ2v) is 3.17. The number of rotatable bonds is 6. The number of methoxy groups -OCH3 is 1. The fourth-order valence-corrected chi connectivity index (χ4v) is 1.25. The molecule has 0 aliphatic rings. The highest BCUT2D eigenvalue weighted by Gasteiger charge is 2.18. The van der Waals surface area contributed by atoms with Crippen molar-refractivity contribution in [2.45, 2.75) is 0 Å². The quantitative estimate of drug-likeness (QED) is 0.470. The number of carboxylic acids is 1. The molecule has 0 atom stereocenters. The van der Waals surface area contributed by atoms with E-state index in [1.54, 1.807) is 6.07 Å². The molecular formula is C11H11NO6. The average molecular weight is 253 g/mol. The van der Waals surface area contributed by atoms with Crippen LogP contribution in [-0.2, 0) is 9.53 Å². The van der Waals surface area contributed by atoms with E-state index in [1.165, 1.54) is 31.6 Å². The predicted octanol–water partition coefficient (Wildman–Crippen LogP) is 1.68. The lowest BCUT2D eigenvalue weighted by Gasteiger charge is -2.07. The van der Waals surface area contributed by atoms with E-state index >= 15 is 0 Å². The van der Waals surface area contributed by atoms with Crippen LogP contribution in [0.1, 0.15) is 5.56 Å². The van der Waals surface area contributed by atoms with Crippen molar-refractivity contribution in [2.75, 3.05) is 13.7 Å². The third-order valence-corrected chi connectivity index (χ3v) is 1.95. The number of aliphatic carboxylic acids is 1. The molecular weight excluding hydrogens is 242 g/mol. The van der Waals surface area contributed by atoms with Gasteiger partial charge < -0.3 is 14.6 Å². The lowest BCUT2D eigenvalue weighted by atomic mass is 10.1. The lowest BCUT2D eigenvalue weighted by Crippen LogP contribution is -2.11. The number of nitrogens with zero attached hydrogens (tertiary/aromatic N) is 1. The van der Waals surface area contributed by atoms with Gasteiger partial charge in [0.05, 0.1) is 18.3 Å². The van der Waals surface area contributed by atoms with Crippen molar-refractivity contribution in [3.8, 4) is 5.75 Å². The molecule has 96 valence electrons. The van der Waals surface area contributed by atoms with Gasteiger partial charge in [0.15, 0.2) is 6.61 Å². The molecule has 0 amide bonds. The number of carboxylic acid groups (broad SMARTS) is 1. The third-order valence-electron chi connectivity index (χ3n) is 1.95. The summed E-state index contributed by atoms with van der Waals surface area (Å²) < 4.78 is 9.64. The Morgan fingerprint density at radius 3 is 2.83 bits per heavy atom. The zero-order valence-electron chi connectivity index (χ0n) is 9.53. The summed E-state index contributed by atoms with van der Waals surface area (Å²) in [7, 11) is 1.42. The van der Waals surface area contributed by atoms with E-state index in [4.69, 9.17) is 14.6 Å². The van der Waals surface area contributed by atoms with Crippen LogP contribution in [0, 0.1) is 10.1 Å².